The molecule has 0 amide bonds. The van der Waals surface area contributed by atoms with Crippen LogP contribution >= 0.6 is 15.9 Å². The summed E-state index contributed by atoms with van der Waals surface area (Å²) in [5.41, 5.74) is -0.131. The Hall–Kier alpha value is -0.680. The largest absolute Gasteiger partial charge is 0.396 e. The van der Waals surface area contributed by atoms with E-state index in [2.05, 4.69) is 45.1 Å². The Kier molecular flexibility index (Phi) is 5.33. The van der Waals surface area contributed by atoms with E-state index in [9.17, 15) is 0 Å². The molecule has 17 heavy (non-hydrogen) atoms. The first-order chi connectivity index (χ1) is 8.03. The third kappa shape index (κ3) is 4.24. The second-order valence-corrected chi connectivity index (χ2v) is 5.17. The van der Waals surface area contributed by atoms with Crippen LogP contribution in [0.3, 0.4) is 0 Å². The predicted octanol–water partition coefficient (Wildman–Crippen LogP) is 2.76. The molecule has 0 aliphatic rings. The number of nitrogens with zero attached hydrogens (tertiary/aromatic N) is 2. The molecule has 0 aliphatic heterocycles. The van der Waals surface area contributed by atoms with Gasteiger partial charge in [0.05, 0.1) is 0 Å². The van der Waals surface area contributed by atoms with E-state index in [4.69, 9.17) is 5.11 Å². The normalized spacial score (nSPS) is 14.4. The van der Waals surface area contributed by atoms with Crippen molar-refractivity contribution >= 4 is 21.7 Å². The van der Waals surface area contributed by atoms with Crippen molar-refractivity contribution in [3.8, 4) is 0 Å². The molecular weight excluding hydrogens is 282 g/mol. The van der Waals surface area contributed by atoms with Crippen LogP contribution in [-0.2, 0) is 6.42 Å². The molecule has 4 nitrogen and oxygen atoms in total. The number of halogens is 1. The van der Waals surface area contributed by atoms with Gasteiger partial charge in [0.15, 0.2) is 0 Å². The Bertz CT molecular complexity index is 373. The van der Waals surface area contributed by atoms with Crippen LogP contribution in [0.15, 0.2) is 10.7 Å². The van der Waals surface area contributed by atoms with Gasteiger partial charge in [-0.2, -0.15) is 0 Å². The van der Waals surface area contributed by atoms with Crippen molar-refractivity contribution in [3.63, 3.8) is 0 Å². The summed E-state index contributed by atoms with van der Waals surface area (Å²) in [7, 11) is 0. The molecule has 1 atom stereocenters. The van der Waals surface area contributed by atoms with Crippen molar-refractivity contribution in [1.29, 1.82) is 0 Å². The highest BCUT2D eigenvalue weighted by atomic mass is 79.9. The highest BCUT2D eigenvalue weighted by molar-refractivity contribution is 9.10. The van der Waals surface area contributed by atoms with Crippen LogP contribution in [0.25, 0.3) is 0 Å². The van der Waals surface area contributed by atoms with Crippen molar-refractivity contribution in [2.45, 2.75) is 45.6 Å². The topological polar surface area (TPSA) is 58.0 Å². The van der Waals surface area contributed by atoms with Crippen LogP contribution < -0.4 is 5.32 Å². The van der Waals surface area contributed by atoms with Gasteiger partial charge in [-0.1, -0.05) is 13.8 Å². The average molecular weight is 302 g/mol. The Morgan fingerprint density at radius 1 is 1.41 bits per heavy atom. The lowest BCUT2D eigenvalue weighted by Gasteiger charge is -2.29. The van der Waals surface area contributed by atoms with Gasteiger partial charge in [0.25, 0.3) is 0 Å². The lowest BCUT2D eigenvalue weighted by molar-refractivity contribution is 0.252. The van der Waals surface area contributed by atoms with Crippen LogP contribution in [0.5, 0.6) is 0 Å². The third-order valence-corrected chi connectivity index (χ3v) is 3.34. The zero-order chi connectivity index (χ0) is 12.9. The second-order valence-electron chi connectivity index (χ2n) is 4.36. The number of aliphatic hydroxyl groups is 1. The maximum absolute atomic E-state index is 9.08. The molecule has 0 aliphatic carbocycles. The summed E-state index contributed by atoms with van der Waals surface area (Å²) in [4.78, 5) is 8.70. The molecule has 0 spiro atoms. The van der Waals surface area contributed by atoms with Crippen LogP contribution in [0.4, 0.5) is 5.82 Å². The smallest absolute Gasteiger partial charge is 0.131 e. The highest BCUT2D eigenvalue weighted by Crippen LogP contribution is 2.22. The van der Waals surface area contributed by atoms with Gasteiger partial charge < -0.3 is 10.4 Å². The fourth-order valence-corrected chi connectivity index (χ4v) is 1.99. The molecule has 1 unspecified atom stereocenters. The van der Waals surface area contributed by atoms with Gasteiger partial charge in [-0.25, -0.2) is 9.97 Å². The van der Waals surface area contributed by atoms with Gasteiger partial charge in [0.1, 0.15) is 16.2 Å². The van der Waals surface area contributed by atoms with E-state index < -0.39 is 0 Å². The van der Waals surface area contributed by atoms with E-state index in [-0.39, 0.29) is 12.1 Å². The summed E-state index contributed by atoms with van der Waals surface area (Å²) in [6.45, 7) is 6.38. The molecule has 96 valence electrons. The quantitative estimate of drug-likeness (QED) is 0.793. The Balaban J connectivity index is 2.89. The number of rotatable bonds is 6. The second kappa shape index (κ2) is 6.31. The maximum atomic E-state index is 9.08. The molecule has 1 rings (SSSR count). The summed E-state index contributed by atoms with van der Waals surface area (Å²) in [5, 5.41) is 12.5. The minimum Gasteiger partial charge on any atom is -0.396 e. The lowest BCUT2D eigenvalue weighted by atomic mass is 9.95. The Labute approximate surface area is 111 Å². The van der Waals surface area contributed by atoms with Crippen molar-refractivity contribution in [1.82, 2.24) is 9.97 Å². The summed E-state index contributed by atoms with van der Waals surface area (Å²) < 4.78 is 0.786. The van der Waals surface area contributed by atoms with Gasteiger partial charge in [-0.15, -0.1) is 0 Å². The van der Waals surface area contributed by atoms with Gasteiger partial charge in [-0.05, 0) is 35.7 Å². The van der Waals surface area contributed by atoms with Crippen molar-refractivity contribution in [3.05, 3.63) is 16.5 Å². The zero-order valence-electron chi connectivity index (χ0n) is 10.6. The summed E-state index contributed by atoms with van der Waals surface area (Å²) in [6, 6.07) is 1.87. The summed E-state index contributed by atoms with van der Waals surface area (Å²) in [5.74, 6) is 1.62. The van der Waals surface area contributed by atoms with Crippen molar-refractivity contribution in [2.75, 3.05) is 11.9 Å². The first kappa shape index (κ1) is 14.4. The average Bonchev–Trinajstić information content (AvgIpc) is 2.28. The summed E-state index contributed by atoms with van der Waals surface area (Å²) >= 11 is 3.38. The molecule has 1 aromatic heterocycles. The van der Waals surface area contributed by atoms with E-state index in [0.29, 0.717) is 6.42 Å². The fourth-order valence-electron chi connectivity index (χ4n) is 1.57. The first-order valence-corrected chi connectivity index (χ1v) is 6.74. The molecule has 2 N–H and O–H groups in total. The molecule has 1 heterocycles. The molecule has 1 aromatic rings. The molecule has 0 aromatic carbocycles. The Morgan fingerprint density at radius 3 is 2.65 bits per heavy atom. The third-order valence-electron chi connectivity index (χ3n) is 2.93. The molecule has 5 heteroatoms. The van der Waals surface area contributed by atoms with Gasteiger partial charge in [0, 0.05) is 24.6 Å². The van der Waals surface area contributed by atoms with E-state index in [1.54, 1.807) is 0 Å². The first-order valence-electron chi connectivity index (χ1n) is 5.95. The number of anilines is 1. The van der Waals surface area contributed by atoms with E-state index in [0.717, 1.165) is 29.1 Å². The zero-order valence-corrected chi connectivity index (χ0v) is 12.2. The molecular formula is C12H20BrN3O. The van der Waals surface area contributed by atoms with E-state index in [1.165, 1.54) is 0 Å². The standard InChI is InChI=1S/C12H20BrN3O/c1-4-10-14-9(13)8-11(15-10)16-12(3,5-2)6-7-17/h8,17H,4-7H2,1-3H3,(H,14,15,16). The van der Waals surface area contributed by atoms with Gasteiger partial charge >= 0.3 is 0 Å². The minimum absolute atomic E-state index is 0.131. The van der Waals surface area contributed by atoms with Crippen molar-refractivity contribution in [2.24, 2.45) is 0 Å². The SMILES string of the molecule is CCc1nc(Br)cc(NC(C)(CC)CCO)n1. The number of hydrogen-bond acceptors (Lipinski definition) is 4. The van der Waals surface area contributed by atoms with Gasteiger partial charge in [-0.3, -0.25) is 0 Å². The number of aryl methyl sites for hydroxylation is 1. The van der Waals surface area contributed by atoms with Crippen molar-refractivity contribution < 1.29 is 5.11 Å². The molecule has 0 bridgehead atoms. The number of hydrogen-bond donors (Lipinski definition) is 2. The van der Waals surface area contributed by atoms with E-state index in [1.807, 2.05) is 13.0 Å². The number of nitrogens with one attached hydrogen (secondary N) is 1. The molecule has 0 fully saturated rings. The number of aliphatic hydroxyl groups excluding tert-OH is 1. The van der Waals surface area contributed by atoms with E-state index >= 15 is 0 Å². The van der Waals surface area contributed by atoms with Crippen LogP contribution in [-0.4, -0.2) is 27.2 Å². The monoisotopic (exact) mass is 301 g/mol. The molecule has 0 saturated heterocycles. The van der Waals surface area contributed by atoms with Crippen LogP contribution in [0.2, 0.25) is 0 Å². The summed E-state index contributed by atoms with van der Waals surface area (Å²) in [6.07, 6.45) is 2.43. The Morgan fingerprint density at radius 2 is 2.12 bits per heavy atom. The van der Waals surface area contributed by atoms with Crippen LogP contribution in [0, 0.1) is 0 Å². The molecule has 0 saturated carbocycles. The maximum Gasteiger partial charge on any atom is 0.131 e. The molecule has 0 radical (unpaired) electrons. The lowest BCUT2D eigenvalue weighted by Crippen LogP contribution is -2.35. The van der Waals surface area contributed by atoms with Gasteiger partial charge in [0.2, 0.25) is 0 Å². The number of aromatic nitrogens is 2. The fraction of sp³-hybridized carbons (Fsp3) is 0.667. The van der Waals surface area contributed by atoms with Crippen LogP contribution in [0.1, 0.15) is 39.4 Å². The highest BCUT2D eigenvalue weighted by Gasteiger charge is 2.21. The minimum atomic E-state index is -0.131. The predicted molar refractivity (Wildman–Crippen MR) is 73.1 cm³/mol.